The maximum Gasteiger partial charge on any atom is 0.254 e. The molecule has 2 aromatic rings. The van der Waals surface area contributed by atoms with Gasteiger partial charge in [0.2, 0.25) is 5.91 Å². The molecule has 2 aromatic carbocycles. The van der Waals surface area contributed by atoms with Gasteiger partial charge in [-0.2, -0.15) is 0 Å². The average molecular weight is 371 g/mol. The summed E-state index contributed by atoms with van der Waals surface area (Å²) in [5.41, 5.74) is 2.67. The van der Waals surface area contributed by atoms with Crippen LogP contribution >= 0.6 is 11.6 Å². The van der Waals surface area contributed by atoms with Crippen LogP contribution in [-0.4, -0.2) is 35.8 Å². The molecular weight excluding hydrogens is 348 g/mol. The quantitative estimate of drug-likeness (QED) is 0.806. The lowest BCUT2D eigenvalue weighted by atomic mass is 10.0. The molecule has 2 amide bonds. The highest BCUT2D eigenvalue weighted by Gasteiger charge is 2.35. The lowest BCUT2D eigenvalue weighted by molar-refractivity contribution is -0.124. The first-order valence-electron chi connectivity index (χ1n) is 8.86. The molecule has 5 heteroatoms. The number of amides is 2. The molecule has 136 valence electrons. The van der Waals surface area contributed by atoms with Crippen molar-refractivity contribution in [3.8, 4) is 0 Å². The molecule has 26 heavy (non-hydrogen) atoms. The molecule has 1 saturated heterocycles. The molecule has 3 rings (SSSR count). The number of carbonyl (C=O) groups excluding carboxylic acids is 2. The second kappa shape index (κ2) is 7.50. The van der Waals surface area contributed by atoms with Crippen molar-refractivity contribution in [3.63, 3.8) is 0 Å². The molecule has 0 spiro atoms. The van der Waals surface area contributed by atoms with E-state index < -0.39 is 6.04 Å². The molecule has 1 atom stereocenters. The Morgan fingerprint density at radius 3 is 2.23 bits per heavy atom. The van der Waals surface area contributed by atoms with Crippen LogP contribution in [0.15, 0.2) is 48.5 Å². The first-order valence-corrected chi connectivity index (χ1v) is 9.24. The van der Waals surface area contributed by atoms with Crippen LogP contribution in [0.5, 0.6) is 0 Å². The lowest BCUT2D eigenvalue weighted by Gasteiger charge is -2.39. The van der Waals surface area contributed by atoms with Crippen LogP contribution in [0.25, 0.3) is 0 Å². The highest BCUT2D eigenvalue weighted by atomic mass is 35.5. The van der Waals surface area contributed by atoms with Gasteiger partial charge in [0.05, 0.1) is 0 Å². The molecule has 1 aliphatic heterocycles. The molecule has 0 radical (unpaired) electrons. The van der Waals surface area contributed by atoms with E-state index in [1.165, 1.54) is 5.56 Å². The first kappa shape index (κ1) is 18.5. The number of rotatable bonds is 3. The van der Waals surface area contributed by atoms with Gasteiger partial charge in [0.25, 0.3) is 5.91 Å². The van der Waals surface area contributed by atoms with E-state index in [0.717, 1.165) is 5.69 Å². The van der Waals surface area contributed by atoms with Crippen molar-refractivity contribution < 1.29 is 9.59 Å². The van der Waals surface area contributed by atoms with Crippen molar-refractivity contribution in [2.24, 2.45) is 0 Å². The number of benzene rings is 2. The molecule has 4 nitrogen and oxygen atoms in total. The normalized spacial score (nSPS) is 17.7. The van der Waals surface area contributed by atoms with Gasteiger partial charge in [-0.15, -0.1) is 0 Å². The van der Waals surface area contributed by atoms with Crippen molar-refractivity contribution in [2.75, 3.05) is 18.0 Å². The number of carbonyl (C=O) groups is 2. The summed E-state index contributed by atoms with van der Waals surface area (Å²) in [5.74, 6) is 0.251. The second-order valence-corrected chi connectivity index (χ2v) is 7.35. The molecule has 0 bridgehead atoms. The van der Waals surface area contributed by atoms with Crippen molar-refractivity contribution in [1.29, 1.82) is 0 Å². The smallest absolute Gasteiger partial charge is 0.254 e. The Bertz CT molecular complexity index is 800. The van der Waals surface area contributed by atoms with Crippen molar-refractivity contribution in [2.45, 2.75) is 32.7 Å². The zero-order valence-electron chi connectivity index (χ0n) is 15.3. The summed E-state index contributed by atoms with van der Waals surface area (Å²) in [6, 6.07) is 14.3. The fraction of sp³-hybridized carbons (Fsp3) is 0.333. The molecular formula is C21H23ClN2O2. The topological polar surface area (TPSA) is 40.6 Å². The average Bonchev–Trinajstić information content (AvgIpc) is 2.64. The Balaban J connectivity index is 1.76. The maximum absolute atomic E-state index is 12.9. The highest BCUT2D eigenvalue weighted by molar-refractivity contribution is 6.30. The molecule has 0 aliphatic carbocycles. The van der Waals surface area contributed by atoms with E-state index in [0.29, 0.717) is 29.6 Å². The third kappa shape index (κ3) is 3.61. The van der Waals surface area contributed by atoms with Gasteiger partial charge in [0, 0.05) is 29.4 Å². The fourth-order valence-electron chi connectivity index (χ4n) is 3.20. The van der Waals surface area contributed by atoms with Gasteiger partial charge < -0.3 is 9.80 Å². The molecule has 0 unspecified atom stereocenters. The van der Waals surface area contributed by atoms with E-state index in [-0.39, 0.29) is 11.8 Å². The van der Waals surface area contributed by atoms with Gasteiger partial charge in [-0.05, 0) is 54.8 Å². The zero-order valence-corrected chi connectivity index (χ0v) is 16.0. The van der Waals surface area contributed by atoms with Crippen LogP contribution in [0.3, 0.4) is 0 Å². The van der Waals surface area contributed by atoms with Crippen molar-refractivity contribution in [1.82, 2.24) is 4.90 Å². The number of hydrogen-bond donors (Lipinski definition) is 0. The summed E-state index contributed by atoms with van der Waals surface area (Å²) < 4.78 is 0. The van der Waals surface area contributed by atoms with Crippen LogP contribution in [0.4, 0.5) is 5.69 Å². The summed E-state index contributed by atoms with van der Waals surface area (Å²) in [5, 5.41) is 0.584. The van der Waals surface area contributed by atoms with Gasteiger partial charge in [0.15, 0.2) is 0 Å². The summed E-state index contributed by atoms with van der Waals surface area (Å²) in [6.45, 7) is 7.06. The second-order valence-electron chi connectivity index (χ2n) is 6.92. The monoisotopic (exact) mass is 370 g/mol. The van der Waals surface area contributed by atoms with E-state index in [1.54, 1.807) is 41.0 Å². The molecule has 0 N–H and O–H groups in total. The number of anilines is 1. The van der Waals surface area contributed by atoms with Crippen LogP contribution in [-0.2, 0) is 4.79 Å². The first-order chi connectivity index (χ1) is 12.4. The fourth-order valence-corrected chi connectivity index (χ4v) is 3.33. The minimum atomic E-state index is -0.503. The van der Waals surface area contributed by atoms with Gasteiger partial charge >= 0.3 is 0 Å². The van der Waals surface area contributed by atoms with Crippen molar-refractivity contribution in [3.05, 3.63) is 64.7 Å². The maximum atomic E-state index is 12.9. The van der Waals surface area contributed by atoms with Crippen molar-refractivity contribution >= 4 is 29.1 Å². The van der Waals surface area contributed by atoms with Gasteiger partial charge in [0.1, 0.15) is 6.04 Å². The third-order valence-corrected chi connectivity index (χ3v) is 5.13. The van der Waals surface area contributed by atoms with E-state index in [2.05, 4.69) is 26.0 Å². The molecule has 1 fully saturated rings. The largest absolute Gasteiger partial charge is 0.325 e. The van der Waals surface area contributed by atoms with E-state index >= 15 is 0 Å². The molecule has 1 aliphatic rings. The molecule has 0 aromatic heterocycles. The summed E-state index contributed by atoms with van der Waals surface area (Å²) in [4.78, 5) is 29.0. The highest BCUT2D eigenvalue weighted by Crippen LogP contribution is 2.24. The Morgan fingerprint density at radius 1 is 1.04 bits per heavy atom. The minimum Gasteiger partial charge on any atom is -0.325 e. The standard InChI is InChI=1S/C21H23ClN2O2/c1-14(2)16-6-10-19(11-7-16)24-13-12-23(15(3)20(24)25)21(26)17-4-8-18(22)9-5-17/h4-11,14-15H,12-13H2,1-3H3/t15-/m0/s1. The van der Waals surface area contributed by atoms with Gasteiger partial charge in [-0.25, -0.2) is 0 Å². The Hall–Kier alpha value is -2.33. The van der Waals surface area contributed by atoms with E-state index in [4.69, 9.17) is 11.6 Å². The number of nitrogens with zero attached hydrogens (tertiary/aromatic N) is 2. The van der Waals surface area contributed by atoms with Crippen LogP contribution in [0.1, 0.15) is 42.6 Å². The Labute approximate surface area is 159 Å². The number of halogens is 1. The van der Waals surface area contributed by atoms with E-state index in [1.807, 2.05) is 12.1 Å². The molecule has 0 saturated carbocycles. The lowest BCUT2D eigenvalue weighted by Crippen LogP contribution is -2.57. The third-order valence-electron chi connectivity index (χ3n) is 4.88. The van der Waals surface area contributed by atoms with Crippen LogP contribution < -0.4 is 4.90 Å². The molecule has 1 heterocycles. The Morgan fingerprint density at radius 2 is 1.65 bits per heavy atom. The number of piperazine rings is 1. The SMILES string of the molecule is CC(C)c1ccc(N2CCN(C(=O)c3ccc(Cl)cc3)[C@@H](C)C2=O)cc1. The van der Waals surface area contributed by atoms with Gasteiger partial charge in [-0.1, -0.05) is 37.6 Å². The van der Waals surface area contributed by atoms with E-state index in [9.17, 15) is 9.59 Å². The number of hydrogen-bond acceptors (Lipinski definition) is 2. The predicted octanol–water partition coefficient (Wildman–Crippen LogP) is 4.34. The summed E-state index contributed by atoms with van der Waals surface area (Å²) in [7, 11) is 0. The summed E-state index contributed by atoms with van der Waals surface area (Å²) >= 11 is 5.89. The minimum absolute atomic E-state index is 0.0594. The van der Waals surface area contributed by atoms with Gasteiger partial charge in [-0.3, -0.25) is 9.59 Å². The zero-order chi connectivity index (χ0) is 18.8. The van der Waals surface area contributed by atoms with Crippen LogP contribution in [0, 0.1) is 0 Å². The Kier molecular flexibility index (Phi) is 5.33. The van der Waals surface area contributed by atoms with Crippen LogP contribution in [0.2, 0.25) is 5.02 Å². The summed E-state index contributed by atoms with van der Waals surface area (Å²) in [6.07, 6.45) is 0. The predicted molar refractivity (Wildman–Crippen MR) is 105 cm³/mol.